The molecule has 1 aromatic carbocycles. The van der Waals surface area contributed by atoms with Crippen molar-refractivity contribution in [2.45, 2.75) is 6.10 Å². The van der Waals surface area contributed by atoms with E-state index >= 15 is 0 Å². The van der Waals surface area contributed by atoms with Gasteiger partial charge < -0.3 is 20.3 Å². The van der Waals surface area contributed by atoms with Crippen LogP contribution < -0.4 is 10.6 Å². The molecule has 1 unspecified atom stereocenters. The average Bonchev–Trinajstić information content (AvgIpc) is 3.65. The van der Waals surface area contributed by atoms with Crippen LogP contribution in [-0.2, 0) is 16.6 Å². The number of amides is 2. The molecule has 2 amide bonds. The highest BCUT2D eigenvalue weighted by Gasteiger charge is 2.33. The van der Waals surface area contributed by atoms with Crippen molar-refractivity contribution in [1.29, 1.82) is 5.26 Å². The SMILES string of the molecule is Cn1cc(-c2cn3ncc(C#N)c3c(-c3ccc(N4CCN(C(=O)C(OC(N)=O)c5ccccc5F)CC4)nc3)n2)cn1. The van der Waals surface area contributed by atoms with E-state index in [0.29, 0.717) is 60.0 Å². The largest absolute Gasteiger partial charge is 0.431 e. The van der Waals surface area contributed by atoms with Gasteiger partial charge in [-0.1, -0.05) is 18.2 Å². The van der Waals surface area contributed by atoms with Crippen LogP contribution in [0, 0.1) is 17.1 Å². The number of hydrogen-bond acceptors (Lipinski definition) is 9. The molecule has 5 aromatic rings. The zero-order chi connectivity index (χ0) is 30.1. The summed E-state index contributed by atoms with van der Waals surface area (Å²) in [7, 11) is 1.82. The molecule has 4 aromatic heterocycles. The number of piperazine rings is 1. The van der Waals surface area contributed by atoms with E-state index in [1.54, 1.807) is 33.9 Å². The minimum Gasteiger partial charge on any atom is -0.431 e. The van der Waals surface area contributed by atoms with Gasteiger partial charge in [0, 0.05) is 62.3 Å². The Morgan fingerprint density at radius 1 is 1.02 bits per heavy atom. The Hall–Kier alpha value is -5.84. The molecule has 2 N–H and O–H groups in total. The summed E-state index contributed by atoms with van der Waals surface area (Å²) in [5, 5.41) is 18.2. The normalized spacial score (nSPS) is 14.0. The molecule has 0 aliphatic carbocycles. The summed E-state index contributed by atoms with van der Waals surface area (Å²) in [6.45, 7) is 1.48. The number of nitrogens with zero attached hydrogens (tertiary/aromatic N) is 9. The van der Waals surface area contributed by atoms with E-state index in [1.807, 2.05) is 30.3 Å². The fourth-order valence-electron chi connectivity index (χ4n) is 5.08. The lowest BCUT2D eigenvalue weighted by Crippen LogP contribution is -2.50. The van der Waals surface area contributed by atoms with E-state index in [4.69, 9.17) is 15.5 Å². The van der Waals surface area contributed by atoms with Crippen LogP contribution in [0.15, 0.2) is 67.4 Å². The van der Waals surface area contributed by atoms with Gasteiger partial charge in [-0.25, -0.2) is 23.7 Å². The number of primary amides is 1. The van der Waals surface area contributed by atoms with Gasteiger partial charge in [0.1, 0.15) is 28.8 Å². The molecular formula is C29H25FN10O3. The fourth-order valence-corrected chi connectivity index (χ4v) is 5.08. The van der Waals surface area contributed by atoms with E-state index < -0.39 is 23.9 Å². The average molecular weight is 581 g/mol. The maximum absolute atomic E-state index is 14.4. The van der Waals surface area contributed by atoms with Crippen molar-refractivity contribution in [3.63, 3.8) is 0 Å². The number of halogens is 1. The van der Waals surface area contributed by atoms with Crippen LogP contribution in [0.3, 0.4) is 0 Å². The van der Waals surface area contributed by atoms with Crippen molar-refractivity contribution in [2.75, 3.05) is 31.1 Å². The molecule has 6 rings (SSSR count). The van der Waals surface area contributed by atoms with E-state index in [0.717, 1.165) is 5.56 Å². The molecule has 1 fully saturated rings. The zero-order valence-corrected chi connectivity index (χ0v) is 23.0. The smallest absolute Gasteiger partial charge is 0.405 e. The van der Waals surface area contributed by atoms with Crippen LogP contribution in [0.2, 0.25) is 0 Å². The molecule has 43 heavy (non-hydrogen) atoms. The third kappa shape index (κ3) is 5.31. The number of aryl methyl sites for hydroxylation is 1. The number of rotatable bonds is 6. The topological polar surface area (TPSA) is 161 Å². The molecule has 216 valence electrons. The predicted molar refractivity (Wildman–Crippen MR) is 152 cm³/mol. The Morgan fingerprint density at radius 3 is 2.47 bits per heavy atom. The second-order valence-corrected chi connectivity index (χ2v) is 9.90. The maximum Gasteiger partial charge on any atom is 0.405 e. The number of aromatic nitrogens is 6. The van der Waals surface area contributed by atoms with Crippen molar-refractivity contribution in [3.8, 4) is 28.6 Å². The molecule has 0 spiro atoms. The van der Waals surface area contributed by atoms with E-state index in [-0.39, 0.29) is 5.56 Å². The highest BCUT2D eigenvalue weighted by Crippen LogP contribution is 2.30. The molecule has 0 radical (unpaired) electrons. The fraction of sp³-hybridized carbons (Fsp3) is 0.207. The summed E-state index contributed by atoms with van der Waals surface area (Å²) in [6, 6.07) is 11.5. The van der Waals surface area contributed by atoms with Gasteiger partial charge in [-0.05, 0) is 18.2 Å². The Morgan fingerprint density at radius 2 is 1.81 bits per heavy atom. The van der Waals surface area contributed by atoms with Gasteiger partial charge in [-0.15, -0.1) is 0 Å². The number of nitriles is 1. The van der Waals surface area contributed by atoms with Crippen molar-refractivity contribution < 1.29 is 18.7 Å². The number of benzene rings is 1. The lowest BCUT2D eigenvalue weighted by Gasteiger charge is -2.36. The molecule has 14 heteroatoms. The number of hydrogen-bond donors (Lipinski definition) is 1. The van der Waals surface area contributed by atoms with Crippen LogP contribution in [0.25, 0.3) is 28.0 Å². The quantitative estimate of drug-likeness (QED) is 0.318. The molecule has 1 saturated heterocycles. The van der Waals surface area contributed by atoms with Crippen LogP contribution in [0.5, 0.6) is 0 Å². The highest BCUT2D eigenvalue weighted by molar-refractivity contribution is 5.85. The van der Waals surface area contributed by atoms with E-state index in [9.17, 15) is 19.2 Å². The summed E-state index contributed by atoms with van der Waals surface area (Å²) in [6.07, 6.45) is 5.85. The van der Waals surface area contributed by atoms with Gasteiger partial charge in [-0.2, -0.15) is 15.5 Å². The van der Waals surface area contributed by atoms with Crippen LogP contribution in [0.4, 0.5) is 15.0 Å². The van der Waals surface area contributed by atoms with Gasteiger partial charge in [0.25, 0.3) is 5.91 Å². The Bertz CT molecular complexity index is 1870. The first-order chi connectivity index (χ1) is 20.8. The van der Waals surface area contributed by atoms with Crippen molar-refractivity contribution in [2.24, 2.45) is 12.8 Å². The number of carbonyl (C=O) groups is 2. The van der Waals surface area contributed by atoms with Gasteiger partial charge in [0.05, 0.1) is 30.0 Å². The third-order valence-corrected chi connectivity index (χ3v) is 7.20. The first kappa shape index (κ1) is 27.3. The monoisotopic (exact) mass is 580 g/mol. The number of nitrogens with two attached hydrogens (primary N) is 1. The zero-order valence-electron chi connectivity index (χ0n) is 23.0. The molecule has 0 bridgehead atoms. The van der Waals surface area contributed by atoms with Crippen molar-refractivity contribution >= 4 is 23.3 Å². The Labute approximate surface area is 244 Å². The third-order valence-electron chi connectivity index (χ3n) is 7.20. The van der Waals surface area contributed by atoms with Gasteiger partial charge in [-0.3, -0.25) is 9.48 Å². The lowest BCUT2D eigenvalue weighted by atomic mass is 10.1. The van der Waals surface area contributed by atoms with Crippen LogP contribution in [0.1, 0.15) is 17.2 Å². The number of fused-ring (bicyclic) bond motifs is 1. The first-order valence-electron chi connectivity index (χ1n) is 13.3. The molecule has 1 atom stereocenters. The molecule has 13 nitrogen and oxygen atoms in total. The summed E-state index contributed by atoms with van der Waals surface area (Å²) in [4.78, 5) is 37.8. The summed E-state index contributed by atoms with van der Waals surface area (Å²) >= 11 is 0. The number of pyridine rings is 1. The second kappa shape index (κ2) is 11.2. The molecule has 5 heterocycles. The molecule has 1 aliphatic rings. The predicted octanol–water partition coefficient (Wildman–Crippen LogP) is 2.69. The summed E-state index contributed by atoms with van der Waals surface area (Å²) in [5.41, 5.74) is 8.77. The van der Waals surface area contributed by atoms with Gasteiger partial charge in [0.15, 0.2) is 0 Å². The van der Waals surface area contributed by atoms with E-state index in [1.165, 1.54) is 29.3 Å². The minimum atomic E-state index is -1.48. The minimum absolute atomic E-state index is 0.0564. The second-order valence-electron chi connectivity index (χ2n) is 9.90. The summed E-state index contributed by atoms with van der Waals surface area (Å²) < 4.78 is 22.8. The molecular weight excluding hydrogens is 555 g/mol. The highest BCUT2D eigenvalue weighted by atomic mass is 19.1. The van der Waals surface area contributed by atoms with Crippen molar-refractivity contribution in [1.82, 2.24) is 34.3 Å². The standard InChI is InChI=1S/C29H25FN10O3/c1-37-16-20(15-34-37)23-17-40-26(19(12-31)14-35-40)25(36-23)18-6-7-24(33-13-18)38-8-10-39(11-9-38)28(41)27(43-29(32)42)21-4-2-3-5-22(21)30/h2-7,13-17,27H,8-11H2,1H3,(H2,32,42). The number of ether oxygens (including phenoxy) is 1. The number of anilines is 1. The molecule has 1 aliphatic heterocycles. The maximum atomic E-state index is 14.4. The number of carbonyl (C=O) groups excluding carboxylic acids is 2. The Kier molecular flexibility index (Phi) is 7.12. The Balaban J connectivity index is 1.21. The van der Waals surface area contributed by atoms with Crippen molar-refractivity contribution in [3.05, 3.63) is 84.3 Å². The molecule has 0 saturated carbocycles. The van der Waals surface area contributed by atoms with Crippen LogP contribution >= 0.6 is 0 Å². The lowest BCUT2D eigenvalue weighted by molar-refractivity contribution is -0.141. The van der Waals surface area contributed by atoms with E-state index in [2.05, 4.69) is 21.3 Å². The summed E-state index contributed by atoms with van der Waals surface area (Å²) in [5.74, 6) is -0.534. The first-order valence-corrected chi connectivity index (χ1v) is 13.3. The van der Waals surface area contributed by atoms with Gasteiger partial charge in [0.2, 0.25) is 6.10 Å². The van der Waals surface area contributed by atoms with Crippen LogP contribution in [-0.4, -0.2) is 72.4 Å². The van der Waals surface area contributed by atoms with Gasteiger partial charge >= 0.3 is 6.09 Å².